The molecule has 1 amide bonds. The Morgan fingerprint density at radius 1 is 0.915 bits per heavy atom. The Morgan fingerprint density at radius 3 is 2.32 bits per heavy atom. The number of aromatic nitrogens is 4. The third-order valence-electron chi connectivity index (χ3n) is 9.92. The quantitative estimate of drug-likeness (QED) is 0.0417. The number of nitrogen functional groups attached to an aromatic ring is 1. The number of anilines is 1. The molecule has 5 heterocycles. The lowest BCUT2D eigenvalue weighted by molar-refractivity contribution is -0.0488. The molecule has 3 aliphatic rings. The molecule has 9 N–H and O–H groups in total. The van der Waals surface area contributed by atoms with Crippen LogP contribution < -0.4 is 20.9 Å². The molecular formula is C37H38N7O14P. The van der Waals surface area contributed by atoms with Gasteiger partial charge in [0.05, 0.1) is 50.5 Å². The van der Waals surface area contributed by atoms with Gasteiger partial charge in [0, 0.05) is 41.9 Å². The number of carbonyl (C=O) groups excluding carboxylic acids is 2. The van der Waals surface area contributed by atoms with Crippen LogP contribution in [0, 0.1) is 0 Å². The summed E-state index contributed by atoms with van der Waals surface area (Å²) in [7, 11) is -4.36. The van der Waals surface area contributed by atoms with Crippen LogP contribution in [-0.2, 0) is 33.6 Å². The maximum absolute atomic E-state index is 13.5. The van der Waals surface area contributed by atoms with Gasteiger partial charge in [-0.15, -0.1) is 0 Å². The number of imidazole rings is 1. The molecule has 1 fully saturated rings. The number of phenols is 2. The lowest BCUT2D eigenvalue weighted by atomic mass is 9.77. The van der Waals surface area contributed by atoms with Gasteiger partial charge in [-0.1, -0.05) is 12.1 Å². The molecule has 5 aromatic rings. The van der Waals surface area contributed by atoms with E-state index < -0.39 is 56.4 Å². The zero-order valence-electron chi connectivity index (χ0n) is 30.8. The van der Waals surface area contributed by atoms with Crippen molar-refractivity contribution in [2.45, 2.75) is 30.1 Å². The van der Waals surface area contributed by atoms with E-state index >= 15 is 0 Å². The second-order valence-corrected chi connectivity index (χ2v) is 15.2. The van der Waals surface area contributed by atoms with Gasteiger partial charge in [-0.2, -0.15) is 0 Å². The fourth-order valence-corrected chi connectivity index (χ4v) is 8.04. The average molecular weight is 836 g/mol. The Hall–Kier alpha value is -5.74. The van der Waals surface area contributed by atoms with Crippen molar-refractivity contribution in [1.82, 2.24) is 29.9 Å². The van der Waals surface area contributed by atoms with Crippen LogP contribution in [0.4, 0.5) is 5.82 Å². The highest BCUT2D eigenvalue weighted by molar-refractivity contribution is 7.50. The fourth-order valence-electron chi connectivity index (χ4n) is 7.22. The molecule has 310 valence electrons. The van der Waals surface area contributed by atoms with Crippen molar-refractivity contribution >= 4 is 36.6 Å². The van der Waals surface area contributed by atoms with E-state index in [4.69, 9.17) is 33.9 Å². The van der Waals surface area contributed by atoms with Gasteiger partial charge in [-0.25, -0.2) is 29.4 Å². The number of hydrogen-bond acceptors (Lipinski definition) is 17. The molecule has 3 aromatic carbocycles. The van der Waals surface area contributed by atoms with Crippen LogP contribution in [0.25, 0.3) is 11.2 Å². The van der Waals surface area contributed by atoms with Crippen molar-refractivity contribution in [2.75, 3.05) is 51.9 Å². The van der Waals surface area contributed by atoms with Gasteiger partial charge in [0.1, 0.15) is 53.2 Å². The molecule has 2 aromatic heterocycles. The normalized spacial score (nSPS) is 21.0. The Labute approximate surface area is 333 Å². The predicted molar refractivity (Wildman–Crippen MR) is 201 cm³/mol. The summed E-state index contributed by atoms with van der Waals surface area (Å²) in [5, 5.41) is 46.5. The van der Waals surface area contributed by atoms with E-state index in [-0.39, 0.29) is 90.6 Å². The second-order valence-electron chi connectivity index (χ2n) is 13.6. The van der Waals surface area contributed by atoms with Crippen LogP contribution in [0.5, 0.6) is 23.0 Å². The van der Waals surface area contributed by atoms with Crippen molar-refractivity contribution in [2.24, 2.45) is 0 Å². The fraction of sp³-hybridized carbons (Fsp3) is 0.324. The van der Waals surface area contributed by atoms with Crippen LogP contribution in [0.3, 0.4) is 0 Å². The minimum atomic E-state index is -4.36. The van der Waals surface area contributed by atoms with E-state index in [2.05, 4.69) is 25.4 Å². The summed E-state index contributed by atoms with van der Waals surface area (Å²) in [6, 6.07) is 13.6. The van der Waals surface area contributed by atoms with Crippen LogP contribution in [-0.4, -0.2) is 121 Å². The van der Waals surface area contributed by atoms with Gasteiger partial charge in [-0.05, 0) is 30.3 Å². The summed E-state index contributed by atoms with van der Waals surface area (Å²) in [4.78, 5) is 49.2. The minimum Gasteiger partial charge on any atom is -0.508 e. The molecule has 0 saturated carbocycles. The third-order valence-corrected chi connectivity index (χ3v) is 11.0. The number of benzene rings is 3. The molecule has 8 rings (SSSR count). The van der Waals surface area contributed by atoms with E-state index in [9.17, 15) is 39.5 Å². The van der Waals surface area contributed by atoms with E-state index in [1.807, 2.05) is 0 Å². The first-order valence-corrected chi connectivity index (χ1v) is 19.8. The molecule has 3 aliphatic heterocycles. The molecule has 22 heteroatoms. The van der Waals surface area contributed by atoms with Gasteiger partial charge < -0.3 is 60.1 Å². The third kappa shape index (κ3) is 7.55. The van der Waals surface area contributed by atoms with Crippen molar-refractivity contribution in [1.29, 1.82) is 0 Å². The minimum absolute atomic E-state index is 0.0101. The number of amides is 1. The summed E-state index contributed by atoms with van der Waals surface area (Å²) in [6.45, 7) is -0.149. The van der Waals surface area contributed by atoms with Crippen molar-refractivity contribution in [3.63, 3.8) is 0 Å². The number of aliphatic hydroxyl groups is 2. The van der Waals surface area contributed by atoms with Crippen LogP contribution in [0.15, 0.2) is 67.3 Å². The summed E-state index contributed by atoms with van der Waals surface area (Å²) in [6.07, 6.45) is -2.63. The highest BCUT2D eigenvalue weighted by Gasteiger charge is 2.55. The van der Waals surface area contributed by atoms with Gasteiger partial charge in [0.2, 0.25) is 0 Å². The highest BCUT2D eigenvalue weighted by Crippen LogP contribution is 2.57. The van der Waals surface area contributed by atoms with Gasteiger partial charge in [0.25, 0.3) is 5.91 Å². The average Bonchev–Trinajstić information content (AvgIpc) is 3.86. The maximum atomic E-state index is 13.5. The van der Waals surface area contributed by atoms with E-state index in [0.29, 0.717) is 16.7 Å². The van der Waals surface area contributed by atoms with Crippen molar-refractivity contribution < 1.29 is 67.7 Å². The Kier molecular flexibility index (Phi) is 11.0. The maximum Gasteiger partial charge on any atom is 0.403 e. The Balaban J connectivity index is 0.767. The SMILES string of the molecule is Nc1ncnc2c1ncn2[C@@H]1O[C@H](COP(=O)(O)NCCOCCOCCNC(=O)c2cccc3c2C(=O)OC32c3ccc(O)cc3Oc3cc(O)ccc32)[C@@H](O)[C@H]1O. The van der Waals surface area contributed by atoms with Gasteiger partial charge >= 0.3 is 13.7 Å². The molecule has 1 saturated heterocycles. The van der Waals surface area contributed by atoms with Crippen LogP contribution in [0.2, 0.25) is 0 Å². The van der Waals surface area contributed by atoms with Crippen molar-refractivity contribution in [3.8, 4) is 23.0 Å². The molecular weight excluding hydrogens is 797 g/mol. The zero-order valence-corrected chi connectivity index (χ0v) is 31.7. The number of hydrogen-bond donors (Lipinski definition) is 8. The molecule has 1 spiro atoms. The number of fused-ring (bicyclic) bond motifs is 7. The zero-order chi connectivity index (χ0) is 41.5. The highest BCUT2D eigenvalue weighted by atomic mass is 31.2. The summed E-state index contributed by atoms with van der Waals surface area (Å²) in [5.74, 6) is -0.897. The number of carbonyl (C=O) groups is 2. The number of ether oxygens (including phenoxy) is 5. The number of nitrogens with two attached hydrogens (primary N) is 1. The summed E-state index contributed by atoms with van der Waals surface area (Å²) < 4.78 is 47.8. The van der Waals surface area contributed by atoms with Crippen LogP contribution >= 0.6 is 7.75 Å². The van der Waals surface area contributed by atoms with E-state index in [0.717, 1.165) is 0 Å². The molecule has 59 heavy (non-hydrogen) atoms. The Bertz CT molecular complexity index is 2420. The molecule has 0 bridgehead atoms. The topological polar surface area (TPSA) is 301 Å². The van der Waals surface area contributed by atoms with Gasteiger partial charge in [0.15, 0.2) is 23.3 Å². The smallest absolute Gasteiger partial charge is 0.403 e. The first kappa shape index (κ1) is 40.1. The summed E-state index contributed by atoms with van der Waals surface area (Å²) in [5.41, 5.74) is 6.23. The van der Waals surface area contributed by atoms with Crippen molar-refractivity contribution in [3.05, 3.63) is 95.1 Å². The number of nitrogens with zero attached hydrogens (tertiary/aromatic N) is 4. The standard InChI is InChI=1S/C37H38N7O14P/c38-32-29-33(41-17-40-32)44(18-42-29)35-31(48)30(47)27(57-35)16-55-59(51,52)43-9-11-54-13-12-53-10-8-39-34(49)21-2-1-3-24-28(21)36(50)58-37(24)22-6-4-19(45)14-25(22)56-26-15-20(46)5-7-23(26)37/h1-7,14-15,17-18,27,30-31,35,45-48H,8-13,16H2,(H,39,49)(H2,38,40,41)(H2,43,51,52)/t27-,30-,31-,35-/m1/s1. The monoisotopic (exact) mass is 835 g/mol. The molecule has 5 atom stereocenters. The first-order valence-electron chi connectivity index (χ1n) is 18.2. The molecule has 0 aliphatic carbocycles. The molecule has 1 unspecified atom stereocenters. The number of aromatic hydroxyl groups is 2. The predicted octanol–water partition coefficient (Wildman–Crippen LogP) is 1.18. The molecule has 0 radical (unpaired) electrons. The van der Waals surface area contributed by atoms with E-state index in [1.165, 1.54) is 47.6 Å². The second kappa shape index (κ2) is 16.1. The van der Waals surface area contributed by atoms with E-state index in [1.54, 1.807) is 24.3 Å². The van der Waals surface area contributed by atoms with Gasteiger partial charge in [-0.3, -0.25) is 13.9 Å². The number of nitrogens with one attached hydrogen (secondary N) is 2. The number of phenolic OH excluding ortho intramolecular Hbond substituents is 2. The number of rotatable bonds is 15. The molecule has 21 nitrogen and oxygen atoms in total. The van der Waals surface area contributed by atoms with Crippen LogP contribution in [0.1, 0.15) is 43.6 Å². The first-order chi connectivity index (χ1) is 28.4. The number of aliphatic hydroxyl groups excluding tert-OH is 2. The lowest BCUT2D eigenvalue weighted by Crippen LogP contribution is -2.34. The lowest BCUT2D eigenvalue weighted by Gasteiger charge is -2.36. The number of esters is 1. The summed E-state index contributed by atoms with van der Waals surface area (Å²) >= 11 is 0. The largest absolute Gasteiger partial charge is 0.508 e. The Morgan fingerprint density at radius 2 is 1.61 bits per heavy atom.